The molecular formula is C11H20. The van der Waals surface area contributed by atoms with Crippen molar-refractivity contribution in [1.29, 1.82) is 0 Å². The lowest BCUT2D eigenvalue weighted by Crippen LogP contribution is -2.24. The molecule has 0 N–H and O–H groups in total. The highest BCUT2D eigenvalue weighted by Gasteiger charge is 2.35. The Balaban J connectivity index is 2.84. The molecule has 0 saturated heterocycles. The molecule has 1 aliphatic carbocycles. The van der Waals surface area contributed by atoms with Crippen molar-refractivity contribution in [2.45, 2.75) is 47.0 Å². The molecule has 0 aliphatic heterocycles. The van der Waals surface area contributed by atoms with E-state index in [9.17, 15) is 0 Å². The summed E-state index contributed by atoms with van der Waals surface area (Å²) in [6.07, 6.45) is 6.42. The minimum Gasteiger partial charge on any atom is -0.0850 e. The van der Waals surface area contributed by atoms with Crippen molar-refractivity contribution in [2.75, 3.05) is 0 Å². The summed E-state index contributed by atoms with van der Waals surface area (Å²) in [4.78, 5) is 0. The number of hydrogen-bond donors (Lipinski definition) is 0. The van der Waals surface area contributed by atoms with Crippen LogP contribution >= 0.6 is 0 Å². The van der Waals surface area contributed by atoms with Gasteiger partial charge in [-0.25, -0.2) is 0 Å². The first-order valence-electron chi connectivity index (χ1n) is 4.80. The summed E-state index contributed by atoms with van der Waals surface area (Å²) in [6, 6.07) is 0. The molecule has 0 radical (unpaired) electrons. The monoisotopic (exact) mass is 152 g/mol. The maximum atomic E-state index is 2.42. The van der Waals surface area contributed by atoms with Crippen LogP contribution in [-0.4, -0.2) is 0 Å². The highest BCUT2D eigenvalue weighted by Crippen LogP contribution is 2.47. The fourth-order valence-corrected chi connectivity index (χ4v) is 2.55. The SMILES string of the molecule is CCC1(C(C)C)CCC=C1C. The average Bonchev–Trinajstić information content (AvgIpc) is 2.32. The molecule has 11 heavy (non-hydrogen) atoms. The van der Waals surface area contributed by atoms with Gasteiger partial charge in [-0.15, -0.1) is 0 Å². The second-order valence-electron chi connectivity index (χ2n) is 4.09. The van der Waals surface area contributed by atoms with E-state index in [0.717, 1.165) is 5.92 Å². The van der Waals surface area contributed by atoms with Gasteiger partial charge < -0.3 is 0 Å². The van der Waals surface area contributed by atoms with E-state index in [2.05, 4.69) is 33.8 Å². The molecule has 0 bridgehead atoms. The van der Waals surface area contributed by atoms with E-state index < -0.39 is 0 Å². The van der Waals surface area contributed by atoms with E-state index >= 15 is 0 Å². The van der Waals surface area contributed by atoms with Crippen LogP contribution in [0.4, 0.5) is 0 Å². The molecule has 1 aliphatic rings. The lowest BCUT2D eigenvalue weighted by Gasteiger charge is -2.34. The second kappa shape index (κ2) is 3.00. The van der Waals surface area contributed by atoms with Gasteiger partial charge in [-0.1, -0.05) is 32.4 Å². The lowest BCUT2D eigenvalue weighted by molar-refractivity contribution is 0.233. The summed E-state index contributed by atoms with van der Waals surface area (Å²) in [5, 5.41) is 0. The van der Waals surface area contributed by atoms with Gasteiger partial charge in [-0.2, -0.15) is 0 Å². The van der Waals surface area contributed by atoms with E-state index in [4.69, 9.17) is 0 Å². The number of allylic oxidation sites excluding steroid dienone is 2. The minimum atomic E-state index is 0.556. The largest absolute Gasteiger partial charge is 0.0850 e. The smallest absolute Gasteiger partial charge is 0.00675 e. The summed E-state index contributed by atoms with van der Waals surface area (Å²) < 4.78 is 0. The maximum absolute atomic E-state index is 2.42. The molecule has 0 aromatic carbocycles. The van der Waals surface area contributed by atoms with E-state index in [1.165, 1.54) is 19.3 Å². The van der Waals surface area contributed by atoms with Crippen LogP contribution in [0.5, 0.6) is 0 Å². The molecule has 0 aromatic rings. The molecule has 0 spiro atoms. The van der Waals surface area contributed by atoms with Crippen LogP contribution in [0.1, 0.15) is 47.0 Å². The van der Waals surface area contributed by atoms with Gasteiger partial charge in [-0.3, -0.25) is 0 Å². The van der Waals surface area contributed by atoms with Gasteiger partial charge in [-0.05, 0) is 37.5 Å². The Hall–Kier alpha value is -0.260. The minimum absolute atomic E-state index is 0.556. The summed E-state index contributed by atoms with van der Waals surface area (Å²) in [5.41, 5.74) is 2.19. The van der Waals surface area contributed by atoms with Crippen LogP contribution < -0.4 is 0 Å². The van der Waals surface area contributed by atoms with Gasteiger partial charge in [0, 0.05) is 0 Å². The van der Waals surface area contributed by atoms with Crippen molar-refractivity contribution in [3.8, 4) is 0 Å². The third-order valence-electron chi connectivity index (χ3n) is 3.56. The Morgan fingerprint density at radius 1 is 1.55 bits per heavy atom. The first-order chi connectivity index (χ1) is 5.13. The van der Waals surface area contributed by atoms with Crippen LogP contribution in [0, 0.1) is 11.3 Å². The predicted octanol–water partition coefficient (Wildman–Crippen LogP) is 3.78. The molecule has 0 aromatic heterocycles. The van der Waals surface area contributed by atoms with Gasteiger partial charge >= 0.3 is 0 Å². The third kappa shape index (κ3) is 1.23. The molecule has 1 rings (SSSR count). The third-order valence-corrected chi connectivity index (χ3v) is 3.56. The Bertz CT molecular complexity index is 165. The van der Waals surface area contributed by atoms with Crippen LogP contribution in [0.15, 0.2) is 11.6 Å². The van der Waals surface area contributed by atoms with Crippen LogP contribution in [-0.2, 0) is 0 Å². The van der Waals surface area contributed by atoms with Crippen molar-refractivity contribution >= 4 is 0 Å². The van der Waals surface area contributed by atoms with Crippen molar-refractivity contribution in [2.24, 2.45) is 11.3 Å². The predicted molar refractivity (Wildman–Crippen MR) is 50.6 cm³/mol. The molecule has 0 saturated carbocycles. The first-order valence-corrected chi connectivity index (χ1v) is 4.80. The fourth-order valence-electron chi connectivity index (χ4n) is 2.55. The lowest BCUT2D eigenvalue weighted by atomic mass is 9.70. The summed E-state index contributed by atoms with van der Waals surface area (Å²) in [5.74, 6) is 0.811. The second-order valence-corrected chi connectivity index (χ2v) is 4.09. The zero-order valence-corrected chi connectivity index (χ0v) is 8.28. The highest BCUT2D eigenvalue weighted by molar-refractivity contribution is 5.18. The summed E-state index contributed by atoms with van der Waals surface area (Å²) in [6.45, 7) is 9.33. The van der Waals surface area contributed by atoms with Crippen molar-refractivity contribution < 1.29 is 0 Å². The van der Waals surface area contributed by atoms with Gasteiger partial charge in [0.15, 0.2) is 0 Å². The zero-order valence-electron chi connectivity index (χ0n) is 8.28. The van der Waals surface area contributed by atoms with Gasteiger partial charge in [0.05, 0.1) is 0 Å². The van der Waals surface area contributed by atoms with E-state index in [-0.39, 0.29) is 0 Å². The van der Waals surface area contributed by atoms with Gasteiger partial charge in [0.25, 0.3) is 0 Å². The Labute approximate surface area is 70.7 Å². The Kier molecular flexibility index (Phi) is 2.41. The average molecular weight is 152 g/mol. The van der Waals surface area contributed by atoms with Crippen LogP contribution in [0.2, 0.25) is 0 Å². The highest BCUT2D eigenvalue weighted by atomic mass is 14.4. The Morgan fingerprint density at radius 3 is 2.36 bits per heavy atom. The standard InChI is InChI=1S/C11H20/c1-5-11(9(2)3)8-6-7-10(11)4/h7,9H,5-6,8H2,1-4H3. The summed E-state index contributed by atoms with van der Waals surface area (Å²) in [7, 11) is 0. The van der Waals surface area contributed by atoms with Crippen LogP contribution in [0.25, 0.3) is 0 Å². The van der Waals surface area contributed by atoms with Gasteiger partial charge in [0.1, 0.15) is 0 Å². The van der Waals surface area contributed by atoms with Gasteiger partial charge in [0.2, 0.25) is 0 Å². The van der Waals surface area contributed by atoms with Crippen molar-refractivity contribution in [1.82, 2.24) is 0 Å². The molecule has 0 nitrogen and oxygen atoms in total. The fraction of sp³-hybridized carbons (Fsp3) is 0.818. The number of hydrogen-bond acceptors (Lipinski definition) is 0. The van der Waals surface area contributed by atoms with E-state index in [0.29, 0.717) is 5.41 Å². The summed E-state index contributed by atoms with van der Waals surface area (Å²) >= 11 is 0. The normalized spacial score (nSPS) is 31.2. The quantitative estimate of drug-likeness (QED) is 0.528. The van der Waals surface area contributed by atoms with E-state index in [1.807, 2.05) is 0 Å². The van der Waals surface area contributed by atoms with Crippen LogP contribution in [0.3, 0.4) is 0 Å². The molecule has 0 amide bonds. The van der Waals surface area contributed by atoms with Crippen molar-refractivity contribution in [3.63, 3.8) is 0 Å². The van der Waals surface area contributed by atoms with E-state index in [1.54, 1.807) is 5.57 Å². The zero-order chi connectivity index (χ0) is 8.48. The maximum Gasteiger partial charge on any atom is -0.00675 e. The Morgan fingerprint density at radius 2 is 2.18 bits per heavy atom. The molecule has 1 unspecified atom stereocenters. The molecule has 1 atom stereocenters. The molecule has 0 heteroatoms. The molecule has 0 fully saturated rings. The molecular weight excluding hydrogens is 132 g/mol. The number of rotatable bonds is 2. The molecule has 64 valence electrons. The topological polar surface area (TPSA) is 0 Å². The molecule has 0 heterocycles. The van der Waals surface area contributed by atoms with Crippen molar-refractivity contribution in [3.05, 3.63) is 11.6 Å². The first kappa shape index (κ1) is 8.83.